The minimum Gasteiger partial charge on any atom is -0.497 e. The summed E-state index contributed by atoms with van der Waals surface area (Å²) in [6.07, 6.45) is 0. The lowest BCUT2D eigenvalue weighted by atomic mass is 10.1. The maximum atomic E-state index is 13.0. The summed E-state index contributed by atoms with van der Waals surface area (Å²) in [4.78, 5) is 39.6. The third-order valence-corrected chi connectivity index (χ3v) is 6.33. The second-order valence-electron chi connectivity index (χ2n) is 7.46. The summed E-state index contributed by atoms with van der Waals surface area (Å²) in [5, 5.41) is 5.77. The van der Waals surface area contributed by atoms with Gasteiger partial charge in [-0.05, 0) is 48.5 Å². The first kappa shape index (κ1) is 25.4. The molecule has 1 heterocycles. The summed E-state index contributed by atoms with van der Waals surface area (Å²) in [6, 6.07) is 15.7. The Hall–Kier alpha value is -3.72. The van der Waals surface area contributed by atoms with Gasteiger partial charge >= 0.3 is 0 Å². The van der Waals surface area contributed by atoms with Gasteiger partial charge in [0.15, 0.2) is 0 Å². The van der Waals surface area contributed by atoms with E-state index in [1.54, 1.807) is 36.4 Å². The summed E-state index contributed by atoms with van der Waals surface area (Å²) >= 11 is 18.2. The molecule has 184 valence electrons. The topological polar surface area (TPSA) is 97.0 Å². The molecule has 0 aliphatic carbocycles. The summed E-state index contributed by atoms with van der Waals surface area (Å²) < 4.78 is 10.5. The first-order valence-electron chi connectivity index (χ1n) is 10.4. The van der Waals surface area contributed by atoms with E-state index in [-0.39, 0.29) is 32.0 Å². The zero-order valence-corrected chi connectivity index (χ0v) is 21.2. The Kier molecular flexibility index (Phi) is 7.40. The van der Waals surface area contributed by atoms with Gasteiger partial charge in [-0.1, -0.05) is 40.9 Å². The molecule has 0 spiro atoms. The molecule has 0 fully saturated rings. The van der Waals surface area contributed by atoms with Gasteiger partial charge in [-0.25, -0.2) is 4.90 Å². The number of benzene rings is 3. The molecule has 0 atom stereocenters. The minimum absolute atomic E-state index is 0.139. The summed E-state index contributed by atoms with van der Waals surface area (Å²) in [6.45, 7) is 0. The van der Waals surface area contributed by atoms with Crippen LogP contribution in [0.15, 0.2) is 71.4 Å². The fourth-order valence-electron chi connectivity index (χ4n) is 3.46. The van der Waals surface area contributed by atoms with Crippen LogP contribution in [0.3, 0.4) is 0 Å². The SMILES string of the molecule is COc1ccc(OC)c(NC(=O)c2cccc(NC3=C(Cl)C(=O)N(c4ccc(Cl)c(Cl)c4)C3=O)c2)c1. The molecule has 1 aliphatic heterocycles. The number of ether oxygens (including phenoxy) is 2. The molecule has 3 amide bonds. The number of carbonyl (C=O) groups is 3. The Morgan fingerprint density at radius 3 is 2.33 bits per heavy atom. The first-order valence-corrected chi connectivity index (χ1v) is 11.5. The number of methoxy groups -OCH3 is 2. The van der Waals surface area contributed by atoms with Crippen molar-refractivity contribution in [1.29, 1.82) is 0 Å². The zero-order chi connectivity index (χ0) is 26.0. The molecule has 11 heteroatoms. The molecule has 3 aromatic rings. The fourth-order valence-corrected chi connectivity index (χ4v) is 3.96. The number of amides is 3. The smallest absolute Gasteiger partial charge is 0.283 e. The van der Waals surface area contributed by atoms with Crippen molar-refractivity contribution in [3.05, 3.63) is 87.0 Å². The van der Waals surface area contributed by atoms with Gasteiger partial charge < -0.3 is 20.1 Å². The Morgan fingerprint density at radius 1 is 0.861 bits per heavy atom. The van der Waals surface area contributed by atoms with Gasteiger partial charge in [0.05, 0.1) is 35.6 Å². The molecule has 0 saturated carbocycles. The second kappa shape index (κ2) is 10.5. The Labute approximate surface area is 221 Å². The van der Waals surface area contributed by atoms with E-state index < -0.39 is 17.7 Å². The number of anilines is 3. The maximum Gasteiger partial charge on any atom is 0.283 e. The third-order valence-electron chi connectivity index (χ3n) is 5.24. The lowest BCUT2D eigenvalue weighted by Gasteiger charge is -2.16. The van der Waals surface area contributed by atoms with E-state index >= 15 is 0 Å². The van der Waals surface area contributed by atoms with Crippen molar-refractivity contribution in [3.63, 3.8) is 0 Å². The van der Waals surface area contributed by atoms with E-state index in [0.717, 1.165) is 4.90 Å². The average molecular weight is 547 g/mol. The van der Waals surface area contributed by atoms with Crippen LogP contribution in [0.4, 0.5) is 17.1 Å². The van der Waals surface area contributed by atoms with Gasteiger partial charge in [-0.15, -0.1) is 0 Å². The van der Waals surface area contributed by atoms with Crippen LogP contribution in [0.1, 0.15) is 10.4 Å². The number of nitrogens with zero attached hydrogens (tertiary/aromatic N) is 1. The maximum absolute atomic E-state index is 13.0. The third kappa shape index (κ3) is 4.97. The number of rotatable bonds is 7. The second-order valence-corrected chi connectivity index (χ2v) is 8.65. The molecule has 0 aromatic heterocycles. The highest BCUT2D eigenvalue weighted by molar-refractivity contribution is 6.53. The summed E-state index contributed by atoms with van der Waals surface area (Å²) in [5.41, 5.74) is 1.14. The molecular weight excluding hydrogens is 529 g/mol. The molecule has 8 nitrogen and oxygen atoms in total. The number of nitrogens with one attached hydrogen (secondary N) is 2. The highest BCUT2D eigenvalue weighted by Crippen LogP contribution is 2.34. The van der Waals surface area contributed by atoms with Crippen LogP contribution < -0.4 is 25.0 Å². The van der Waals surface area contributed by atoms with Crippen molar-refractivity contribution in [2.75, 3.05) is 29.8 Å². The largest absolute Gasteiger partial charge is 0.497 e. The first-order chi connectivity index (χ1) is 17.2. The average Bonchev–Trinajstić information content (AvgIpc) is 3.08. The fraction of sp³-hybridized carbons (Fsp3) is 0.0800. The quantitative estimate of drug-likeness (QED) is 0.369. The van der Waals surface area contributed by atoms with Crippen LogP contribution >= 0.6 is 34.8 Å². The standard InChI is InChI=1S/C25H18Cl3N3O5/c1-35-16-7-9-20(36-2)19(12-16)30-23(32)13-4-3-5-14(10-13)29-22-21(28)24(33)31(25(22)34)15-6-8-17(26)18(27)11-15/h3-12,29H,1-2H3,(H,30,32). The molecule has 1 aliphatic rings. The van der Waals surface area contributed by atoms with Crippen molar-refractivity contribution in [2.45, 2.75) is 0 Å². The van der Waals surface area contributed by atoms with Crippen LogP contribution in [0.2, 0.25) is 10.0 Å². The highest BCUT2D eigenvalue weighted by atomic mass is 35.5. The molecular formula is C25H18Cl3N3O5. The van der Waals surface area contributed by atoms with E-state index in [2.05, 4.69) is 10.6 Å². The lowest BCUT2D eigenvalue weighted by molar-refractivity contribution is -0.120. The molecule has 2 N–H and O–H groups in total. The minimum atomic E-state index is -0.721. The Morgan fingerprint density at radius 2 is 1.64 bits per heavy atom. The molecule has 0 unspecified atom stereocenters. The number of hydrogen-bond donors (Lipinski definition) is 2. The van der Waals surface area contributed by atoms with Gasteiger partial charge in [0, 0.05) is 17.3 Å². The predicted octanol–water partition coefficient (Wildman–Crippen LogP) is 5.70. The van der Waals surface area contributed by atoms with Crippen molar-refractivity contribution in [3.8, 4) is 11.5 Å². The van der Waals surface area contributed by atoms with Gasteiger partial charge in [-0.2, -0.15) is 0 Å². The van der Waals surface area contributed by atoms with E-state index in [9.17, 15) is 14.4 Å². The van der Waals surface area contributed by atoms with Crippen molar-refractivity contribution < 1.29 is 23.9 Å². The van der Waals surface area contributed by atoms with Crippen molar-refractivity contribution in [2.24, 2.45) is 0 Å². The van der Waals surface area contributed by atoms with Crippen molar-refractivity contribution >= 4 is 69.6 Å². The van der Waals surface area contributed by atoms with E-state index in [4.69, 9.17) is 44.3 Å². The number of hydrogen-bond acceptors (Lipinski definition) is 6. The molecule has 0 bridgehead atoms. The van der Waals surface area contributed by atoms with Crippen LogP contribution in [0, 0.1) is 0 Å². The van der Waals surface area contributed by atoms with Crippen LogP contribution in [-0.2, 0) is 9.59 Å². The van der Waals surface area contributed by atoms with Gasteiger partial charge in [0.1, 0.15) is 22.2 Å². The lowest BCUT2D eigenvalue weighted by Crippen LogP contribution is -2.32. The van der Waals surface area contributed by atoms with E-state index in [1.165, 1.54) is 38.5 Å². The predicted molar refractivity (Wildman–Crippen MR) is 139 cm³/mol. The number of imide groups is 1. The Bertz CT molecular complexity index is 1420. The highest BCUT2D eigenvalue weighted by Gasteiger charge is 2.39. The molecule has 0 saturated heterocycles. The zero-order valence-electron chi connectivity index (χ0n) is 18.9. The van der Waals surface area contributed by atoms with Crippen molar-refractivity contribution in [1.82, 2.24) is 0 Å². The van der Waals surface area contributed by atoms with Gasteiger partial charge in [0.25, 0.3) is 17.7 Å². The molecule has 4 rings (SSSR count). The Balaban J connectivity index is 1.55. The molecule has 0 radical (unpaired) electrons. The van der Waals surface area contributed by atoms with E-state index in [1.807, 2.05) is 0 Å². The molecule has 36 heavy (non-hydrogen) atoms. The number of halogens is 3. The van der Waals surface area contributed by atoms with Crippen LogP contribution in [0.5, 0.6) is 11.5 Å². The van der Waals surface area contributed by atoms with E-state index in [0.29, 0.717) is 22.9 Å². The summed E-state index contributed by atoms with van der Waals surface area (Å²) in [5.74, 6) is -0.843. The molecule has 3 aromatic carbocycles. The number of carbonyl (C=O) groups excluding carboxylic acids is 3. The van der Waals surface area contributed by atoms with Gasteiger partial charge in [0.2, 0.25) is 0 Å². The van der Waals surface area contributed by atoms with Gasteiger partial charge in [-0.3, -0.25) is 14.4 Å². The van der Waals surface area contributed by atoms with Crippen LogP contribution in [0.25, 0.3) is 0 Å². The monoisotopic (exact) mass is 545 g/mol. The normalized spacial score (nSPS) is 13.2. The summed E-state index contributed by atoms with van der Waals surface area (Å²) in [7, 11) is 3.00. The van der Waals surface area contributed by atoms with Crippen LogP contribution in [-0.4, -0.2) is 31.9 Å².